The van der Waals surface area contributed by atoms with Gasteiger partial charge in [0.1, 0.15) is 0 Å². The van der Waals surface area contributed by atoms with Gasteiger partial charge >= 0.3 is 0 Å². The van der Waals surface area contributed by atoms with Gasteiger partial charge in [0, 0.05) is 17.6 Å². The molecule has 1 unspecified atom stereocenters. The Hall–Kier alpha value is -3.00. The number of amides is 2. The lowest BCUT2D eigenvalue weighted by molar-refractivity contribution is -0.125. The van der Waals surface area contributed by atoms with E-state index in [9.17, 15) is 18.0 Å². The van der Waals surface area contributed by atoms with Gasteiger partial charge in [0.05, 0.1) is 30.9 Å². The van der Waals surface area contributed by atoms with Crippen LogP contribution >= 0.6 is 0 Å². The minimum absolute atomic E-state index is 0.0211. The van der Waals surface area contributed by atoms with E-state index in [0.717, 1.165) is 36.8 Å². The summed E-state index contributed by atoms with van der Waals surface area (Å²) < 4.78 is 27.2. The number of rotatable bonds is 10. The number of hydrogen-bond donors (Lipinski definition) is 3. The van der Waals surface area contributed by atoms with Crippen LogP contribution in [0.25, 0.3) is 10.9 Å². The number of para-hydroxylation sites is 1. The molecule has 1 saturated heterocycles. The second kappa shape index (κ2) is 11.9. The van der Waals surface area contributed by atoms with Crippen LogP contribution in [0.1, 0.15) is 31.4 Å². The second-order valence-electron chi connectivity index (χ2n) is 8.43. The lowest BCUT2D eigenvalue weighted by Gasteiger charge is -2.36. The van der Waals surface area contributed by atoms with Gasteiger partial charge in [-0.3, -0.25) is 19.5 Å². The first-order valence-electron chi connectivity index (χ1n) is 11.3. The molecule has 10 heteroatoms. The van der Waals surface area contributed by atoms with Crippen LogP contribution in [0.2, 0.25) is 0 Å². The van der Waals surface area contributed by atoms with Crippen molar-refractivity contribution in [3.05, 3.63) is 42.1 Å². The molecule has 2 aromatic rings. The fourth-order valence-electron chi connectivity index (χ4n) is 4.18. The van der Waals surface area contributed by atoms with Crippen molar-refractivity contribution in [2.24, 2.45) is 5.92 Å². The van der Waals surface area contributed by atoms with E-state index in [1.54, 1.807) is 0 Å². The highest BCUT2D eigenvalue weighted by Gasteiger charge is 2.27. The Labute approximate surface area is 200 Å². The number of nitrogens with one attached hydrogen (secondary N) is 3. The summed E-state index contributed by atoms with van der Waals surface area (Å²) >= 11 is 0. The topological polar surface area (TPSA) is 120 Å². The summed E-state index contributed by atoms with van der Waals surface area (Å²) in [7, 11) is -3.61. The van der Waals surface area contributed by atoms with Crippen molar-refractivity contribution in [1.82, 2.24) is 25.2 Å². The number of nitrogens with zero attached hydrogens (tertiary/aromatic N) is 2. The molecular weight excluding hydrogens is 454 g/mol. The number of fused-ring (bicyclic) bond motifs is 1. The lowest BCUT2D eigenvalue weighted by atomic mass is 9.95. The van der Waals surface area contributed by atoms with Gasteiger partial charge in [-0.1, -0.05) is 24.1 Å². The Morgan fingerprint density at radius 3 is 2.59 bits per heavy atom. The molecule has 1 aliphatic rings. The first-order chi connectivity index (χ1) is 16.3. The third-order valence-corrected chi connectivity index (χ3v) is 7.57. The van der Waals surface area contributed by atoms with Crippen molar-refractivity contribution >= 4 is 32.7 Å². The van der Waals surface area contributed by atoms with E-state index in [0.29, 0.717) is 0 Å². The third-order valence-electron chi connectivity index (χ3n) is 6.07. The Bertz CT molecular complexity index is 1150. The molecule has 0 bridgehead atoms. The number of hydrogen-bond acceptors (Lipinski definition) is 6. The summed E-state index contributed by atoms with van der Waals surface area (Å²) in [5.41, 5.74) is 2.19. The van der Waals surface area contributed by atoms with Gasteiger partial charge in [0.15, 0.2) is 0 Å². The first-order valence-corrected chi connectivity index (χ1v) is 13.0. The van der Waals surface area contributed by atoms with Gasteiger partial charge in [0.2, 0.25) is 21.8 Å². The third kappa shape index (κ3) is 7.25. The summed E-state index contributed by atoms with van der Waals surface area (Å²) in [5.74, 6) is 1.24. The van der Waals surface area contributed by atoms with E-state index < -0.39 is 28.4 Å². The predicted molar refractivity (Wildman–Crippen MR) is 131 cm³/mol. The smallest absolute Gasteiger partial charge is 0.240 e. The highest BCUT2D eigenvalue weighted by atomic mass is 32.2. The largest absolute Gasteiger partial charge is 0.346 e. The SMILES string of the molecule is C#CCNC(=O)CNC(=O)CNS(=O)(=O)CC1CCN(C(C)c2ccnc3ccccc23)CC1. The molecule has 34 heavy (non-hydrogen) atoms. The molecule has 0 radical (unpaired) electrons. The van der Waals surface area contributed by atoms with Crippen LogP contribution in [-0.2, 0) is 19.6 Å². The van der Waals surface area contributed by atoms with E-state index >= 15 is 0 Å². The summed E-state index contributed by atoms with van der Waals surface area (Å²) in [5, 5.41) is 5.90. The molecule has 2 heterocycles. The van der Waals surface area contributed by atoms with E-state index in [1.807, 2.05) is 24.4 Å². The molecule has 1 aromatic carbocycles. The van der Waals surface area contributed by atoms with Gasteiger partial charge in [-0.05, 0) is 56.5 Å². The van der Waals surface area contributed by atoms with Crippen molar-refractivity contribution in [3.8, 4) is 12.3 Å². The van der Waals surface area contributed by atoms with Crippen molar-refractivity contribution in [2.45, 2.75) is 25.8 Å². The van der Waals surface area contributed by atoms with E-state index in [1.165, 1.54) is 5.56 Å². The number of carbonyl (C=O) groups excluding carboxylic acids is 2. The molecule has 1 fully saturated rings. The Kier molecular flexibility index (Phi) is 8.98. The summed E-state index contributed by atoms with van der Waals surface area (Å²) in [4.78, 5) is 30.1. The Balaban J connectivity index is 1.44. The fourth-order valence-corrected chi connectivity index (χ4v) is 5.61. The number of terminal acetylenes is 1. The Morgan fingerprint density at radius 1 is 1.15 bits per heavy atom. The average Bonchev–Trinajstić information content (AvgIpc) is 2.84. The highest BCUT2D eigenvalue weighted by Crippen LogP contribution is 2.30. The normalized spacial score (nSPS) is 16.0. The minimum atomic E-state index is -3.61. The molecule has 3 N–H and O–H groups in total. The molecular formula is C24H31N5O4S. The Morgan fingerprint density at radius 2 is 1.85 bits per heavy atom. The van der Waals surface area contributed by atoms with Crippen molar-refractivity contribution in [2.75, 3.05) is 38.5 Å². The van der Waals surface area contributed by atoms with Crippen molar-refractivity contribution in [3.63, 3.8) is 0 Å². The van der Waals surface area contributed by atoms with E-state index in [2.05, 4.69) is 50.2 Å². The molecule has 0 spiro atoms. The zero-order valence-electron chi connectivity index (χ0n) is 19.3. The zero-order valence-corrected chi connectivity index (χ0v) is 20.1. The predicted octanol–water partition coefficient (Wildman–Crippen LogP) is 0.793. The summed E-state index contributed by atoms with van der Waals surface area (Å²) in [6.45, 7) is 3.17. The second-order valence-corrected chi connectivity index (χ2v) is 10.3. The van der Waals surface area contributed by atoms with Gasteiger partial charge < -0.3 is 10.6 Å². The molecule has 1 aromatic heterocycles. The maximum Gasteiger partial charge on any atom is 0.240 e. The van der Waals surface area contributed by atoms with Crippen molar-refractivity contribution < 1.29 is 18.0 Å². The first kappa shape index (κ1) is 25.6. The average molecular weight is 486 g/mol. The quantitative estimate of drug-likeness (QED) is 0.428. The van der Waals surface area contributed by atoms with Gasteiger partial charge in [-0.25, -0.2) is 13.1 Å². The molecule has 1 atom stereocenters. The van der Waals surface area contributed by atoms with Crippen LogP contribution in [-0.4, -0.2) is 68.6 Å². The minimum Gasteiger partial charge on any atom is -0.346 e. The summed E-state index contributed by atoms with van der Waals surface area (Å²) in [6, 6.07) is 10.3. The van der Waals surface area contributed by atoms with Gasteiger partial charge in [-0.2, -0.15) is 0 Å². The van der Waals surface area contributed by atoms with Crippen LogP contribution < -0.4 is 15.4 Å². The maximum atomic E-state index is 12.5. The maximum absolute atomic E-state index is 12.5. The lowest BCUT2D eigenvalue weighted by Crippen LogP contribution is -2.43. The van der Waals surface area contributed by atoms with Crippen LogP contribution in [0.4, 0.5) is 0 Å². The van der Waals surface area contributed by atoms with E-state index in [4.69, 9.17) is 6.42 Å². The standard InChI is InChI=1S/C24H31N5O4S/c1-3-11-26-23(30)15-27-24(31)16-28-34(32,33)17-19-9-13-29(14-10-19)18(2)20-8-12-25-22-7-5-4-6-21(20)22/h1,4-8,12,18-19,28H,9-11,13-17H2,2H3,(H,26,30)(H,27,31). The zero-order chi connectivity index (χ0) is 24.6. The number of sulfonamides is 1. The highest BCUT2D eigenvalue weighted by molar-refractivity contribution is 7.89. The van der Waals surface area contributed by atoms with Crippen LogP contribution in [0.5, 0.6) is 0 Å². The number of piperidine rings is 1. The van der Waals surface area contributed by atoms with E-state index in [-0.39, 0.29) is 30.8 Å². The molecule has 0 aliphatic carbocycles. The van der Waals surface area contributed by atoms with Crippen LogP contribution in [0.15, 0.2) is 36.5 Å². The molecule has 9 nitrogen and oxygen atoms in total. The van der Waals surface area contributed by atoms with Crippen LogP contribution in [0, 0.1) is 18.3 Å². The monoisotopic (exact) mass is 485 g/mol. The number of aromatic nitrogens is 1. The number of benzene rings is 1. The number of likely N-dealkylation sites (tertiary alicyclic amines) is 1. The molecule has 3 rings (SSSR count). The van der Waals surface area contributed by atoms with Crippen molar-refractivity contribution in [1.29, 1.82) is 0 Å². The fraction of sp³-hybridized carbons (Fsp3) is 0.458. The molecule has 2 amide bonds. The molecule has 182 valence electrons. The number of pyridine rings is 1. The van der Waals surface area contributed by atoms with Gasteiger partial charge in [-0.15, -0.1) is 6.42 Å². The van der Waals surface area contributed by atoms with Crippen LogP contribution in [0.3, 0.4) is 0 Å². The number of carbonyl (C=O) groups is 2. The molecule has 1 aliphatic heterocycles. The summed E-state index contributed by atoms with van der Waals surface area (Å²) in [6.07, 6.45) is 8.39. The molecule has 0 saturated carbocycles. The van der Waals surface area contributed by atoms with Gasteiger partial charge in [0.25, 0.3) is 0 Å².